The number of hydrogen-bond acceptors (Lipinski definition) is 5. The third-order valence-electron chi connectivity index (χ3n) is 10.6. The maximum atomic E-state index is 12.9. The first-order valence-corrected chi connectivity index (χ1v) is 25.4. The Kier molecular flexibility index (Phi) is 39.2. The van der Waals surface area contributed by atoms with Gasteiger partial charge in [0.25, 0.3) is 0 Å². The van der Waals surface area contributed by atoms with Crippen molar-refractivity contribution < 1.29 is 32.9 Å². The van der Waals surface area contributed by atoms with Gasteiger partial charge in [-0.1, -0.05) is 185 Å². The molecule has 0 aromatic carbocycles. The van der Waals surface area contributed by atoms with Crippen LogP contribution in [0.15, 0.2) is 36.5 Å². The van der Waals surface area contributed by atoms with Gasteiger partial charge in [0.15, 0.2) is 0 Å². The summed E-state index contributed by atoms with van der Waals surface area (Å²) in [7, 11) is 1.55. The molecule has 0 saturated heterocycles. The van der Waals surface area contributed by atoms with E-state index in [0.717, 1.165) is 38.5 Å². The number of hydrogen-bond donors (Lipinski definition) is 3. The number of amides is 1. The van der Waals surface area contributed by atoms with Gasteiger partial charge in [-0.2, -0.15) is 0 Å². The van der Waals surface area contributed by atoms with E-state index >= 15 is 0 Å². The van der Waals surface area contributed by atoms with E-state index < -0.39 is 20.0 Å². The standard InChI is InChI=1S/C48H93N2O6P/c1-6-8-10-12-14-16-18-19-20-21-22-23-24-25-26-27-28-29-30-31-32-34-36-38-40-42-48(52)49-46(45-56-57(53,54)55-44-43-50(3,4)5)47(51)41-39-37-35-33-17-15-13-11-9-7-2/h17,21-22,33,39,41,46-47,51H,6-16,18-20,23-32,34-38,40,42-45H2,1-5H3,(H-,49,52,53,54)/p+1/b22-21-,33-17+,41-39+. The molecule has 0 saturated carbocycles. The number of nitrogens with one attached hydrogen (secondary N) is 1. The topological polar surface area (TPSA) is 105 Å². The Bertz CT molecular complexity index is 1030. The van der Waals surface area contributed by atoms with Crippen LogP contribution in [-0.4, -0.2) is 73.4 Å². The summed E-state index contributed by atoms with van der Waals surface area (Å²) in [6.07, 6.45) is 49.5. The van der Waals surface area contributed by atoms with Gasteiger partial charge in [0.05, 0.1) is 39.9 Å². The van der Waals surface area contributed by atoms with Crippen molar-refractivity contribution in [1.82, 2.24) is 5.32 Å². The lowest BCUT2D eigenvalue weighted by Gasteiger charge is -2.25. The number of carbonyl (C=O) groups excluding carboxylic acids is 1. The van der Waals surface area contributed by atoms with E-state index in [2.05, 4.69) is 43.5 Å². The number of allylic oxidation sites excluding steroid dienone is 5. The highest BCUT2D eigenvalue weighted by Gasteiger charge is 2.27. The zero-order valence-corrected chi connectivity index (χ0v) is 39.0. The fourth-order valence-corrected chi connectivity index (χ4v) is 7.49. The molecule has 0 aliphatic rings. The Hall–Kier alpha value is -1.28. The Balaban J connectivity index is 4.17. The Morgan fingerprint density at radius 3 is 1.42 bits per heavy atom. The third kappa shape index (κ3) is 42.6. The van der Waals surface area contributed by atoms with Gasteiger partial charge < -0.3 is 19.8 Å². The highest BCUT2D eigenvalue weighted by molar-refractivity contribution is 7.47. The highest BCUT2D eigenvalue weighted by Crippen LogP contribution is 2.43. The van der Waals surface area contributed by atoms with Crippen molar-refractivity contribution in [3.05, 3.63) is 36.5 Å². The maximum absolute atomic E-state index is 12.9. The van der Waals surface area contributed by atoms with Crippen LogP contribution in [0.3, 0.4) is 0 Å². The summed E-state index contributed by atoms with van der Waals surface area (Å²) >= 11 is 0. The van der Waals surface area contributed by atoms with Crippen molar-refractivity contribution >= 4 is 13.7 Å². The van der Waals surface area contributed by atoms with Crippen LogP contribution in [0.2, 0.25) is 0 Å². The van der Waals surface area contributed by atoms with Crippen molar-refractivity contribution in [3.8, 4) is 0 Å². The number of quaternary nitrogens is 1. The molecule has 8 nitrogen and oxygen atoms in total. The Labute approximate surface area is 353 Å². The van der Waals surface area contributed by atoms with Gasteiger partial charge in [0.2, 0.25) is 5.91 Å². The predicted octanol–water partition coefficient (Wildman–Crippen LogP) is 13.5. The smallest absolute Gasteiger partial charge is 0.387 e. The predicted molar refractivity (Wildman–Crippen MR) is 244 cm³/mol. The number of phosphoric acid groups is 1. The summed E-state index contributed by atoms with van der Waals surface area (Å²) in [6, 6.07) is -0.860. The number of unbranched alkanes of at least 4 members (excludes halogenated alkanes) is 26. The van der Waals surface area contributed by atoms with Crippen molar-refractivity contribution in [3.63, 3.8) is 0 Å². The number of nitrogens with zero attached hydrogens (tertiary/aromatic N) is 1. The number of phosphoric ester groups is 1. The van der Waals surface area contributed by atoms with Crippen LogP contribution in [0, 0.1) is 0 Å². The molecule has 0 spiro atoms. The first-order valence-electron chi connectivity index (χ1n) is 23.9. The van der Waals surface area contributed by atoms with Crippen LogP contribution in [0.1, 0.15) is 213 Å². The minimum atomic E-state index is -4.34. The molecular weight excluding hydrogens is 732 g/mol. The summed E-state index contributed by atoms with van der Waals surface area (Å²) < 4.78 is 23.5. The number of carbonyl (C=O) groups is 1. The molecule has 0 bridgehead atoms. The monoisotopic (exact) mass is 826 g/mol. The summed E-state index contributed by atoms with van der Waals surface area (Å²) in [5.41, 5.74) is 0. The first kappa shape index (κ1) is 55.7. The van der Waals surface area contributed by atoms with Crippen LogP contribution in [-0.2, 0) is 18.4 Å². The lowest BCUT2D eigenvalue weighted by atomic mass is 10.0. The maximum Gasteiger partial charge on any atom is 0.472 e. The van der Waals surface area contributed by atoms with Gasteiger partial charge in [-0.3, -0.25) is 13.8 Å². The lowest BCUT2D eigenvalue weighted by molar-refractivity contribution is -0.870. The van der Waals surface area contributed by atoms with E-state index in [0.29, 0.717) is 17.4 Å². The van der Waals surface area contributed by atoms with Crippen molar-refractivity contribution in [2.75, 3.05) is 40.9 Å². The minimum absolute atomic E-state index is 0.0563. The van der Waals surface area contributed by atoms with Gasteiger partial charge in [0.1, 0.15) is 13.2 Å². The lowest BCUT2D eigenvalue weighted by Crippen LogP contribution is -2.45. The molecule has 9 heteroatoms. The van der Waals surface area contributed by atoms with E-state index in [1.165, 1.54) is 154 Å². The van der Waals surface area contributed by atoms with E-state index in [1.807, 2.05) is 27.2 Å². The zero-order chi connectivity index (χ0) is 42.1. The van der Waals surface area contributed by atoms with E-state index in [1.54, 1.807) is 6.08 Å². The average Bonchev–Trinajstić information content (AvgIpc) is 3.16. The molecule has 0 aromatic heterocycles. The fraction of sp³-hybridized carbons (Fsp3) is 0.854. The van der Waals surface area contributed by atoms with E-state index in [9.17, 15) is 19.4 Å². The summed E-state index contributed by atoms with van der Waals surface area (Å²) in [5, 5.41) is 13.8. The molecule has 3 atom stereocenters. The molecular formula is C48H94N2O6P+. The molecule has 0 aliphatic heterocycles. The quantitative estimate of drug-likeness (QED) is 0.0245. The van der Waals surface area contributed by atoms with Gasteiger partial charge in [-0.05, 0) is 57.8 Å². The summed E-state index contributed by atoms with van der Waals surface area (Å²) in [4.78, 5) is 23.1. The zero-order valence-electron chi connectivity index (χ0n) is 38.1. The van der Waals surface area contributed by atoms with Gasteiger partial charge in [-0.15, -0.1) is 0 Å². The first-order chi connectivity index (χ1) is 27.5. The van der Waals surface area contributed by atoms with Crippen LogP contribution in [0.25, 0.3) is 0 Å². The molecule has 0 fully saturated rings. The second-order valence-electron chi connectivity index (χ2n) is 17.5. The van der Waals surface area contributed by atoms with Crippen LogP contribution in [0.5, 0.6) is 0 Å². The second-order valence-corrected chi connectivity index (χ2v) is 18.9. The largest absolute Gasteiger partial charge is 0.472 e. The van der Waals surface area contributed by atoms with E-state index in [4.69, 9.17) is 9.05 Å². The van der Waals surface area contributed by atoms with Crippen molar-refractivity contribution in [2.24, 2.45) is 0 Å². The number of aliphatic hydroxyl groups excluding tert-OH is 1. The molecule has 0 aromatic rings. The number of rotatable bonds is 43. The highest BCUT2D eigenvalue weighted by atomic mass is 31.2. The van der Waals surface area contributed by atoms with Crippen LogP contribution < -0.4 is 5.32 Å². The van der Waals surface area contributed by atoms with Gasteiger partial charge >= 0.3 is 7.82 Å². The average molecular weight is 826 g/mol. The molecule has 0 aliphatic carbocycles. The molecule has 3 N–H and O–H groups in total. The number of likely N-dealkylation sites (N-methyl/N-ethyl adjacent to an activating group) is 1. The molecule has 3 unspecified atom stereocenters. The van der Waals surface area contributed by atoms with Crippen molar-refractivity contribution in [2.45, 2.75) is 225 Å². The second kappa shape index (κ2) is 40.1. The fourth-order valence-electron chi connectivity index (χ4n) is 6.76. The van der Waals surface area contributed by atoms with Gasteiger partial charge in [-0.25, -0.2) is 4.57 Å². The van der Waals surface area contributed by atoms with Crippen molar-refractivity contribution in [1.29, 1.82) is 0 Å². The summed E-state index contributed by atoms with van der Waals surface area (Å²) in [6.45, 7) is 4.76. The molecule has 57 heavy (non-hydrogen) atoms. The van der Waals surface area contributed by atoms with Crippen LogP contribution >= 0.6 is 7.82 Å². The van der Waals surface area contributed by atoms with E-state index in [-0.39, 0.29) is 19.1 Å². The molecule has 1 amide bonds. The normalized spacial score (nSPS) is 14.6. The Morgan fingerprint density at radius 1 is 0.579 bits per heavy atom. The third-order valence-corrected chi connectivity index (χ3v) is 11.6. The molecule has 0 radical (unpaired) electrons. The SMILES string of the molecule is CCCCCC/C=C/CC/C=C/C(O)C(COP(=O)(O)OCC[N+](C)(C)C)NC(=O)CCCCCCCCCCCCCCC/C=C\CCCCCCCCCC. The summed E-state index contributed by atoms with van der Waals surface area (Å²) in [5.74, 6) is -0.189. The molecule has 0 heterocycles. The van der Waals surface area contributed by atoms with Crippen LogP contribution in [0.4, 0.5) is 0 Å². The minimum Gasteiger partial charge on any atom is -0.387 e. The van der Waals surface area contributed by atoms with Gasteiger partial charge in [0, 0.05) is 6.42 Å². The molecule has 0 rings (SSSR count). The number of aliphatic hydroxyl groups is 1. The Morgan fingerprint density at radius 2 is 0.965 bits per heavy atom. The molecule has 336 valence electrons.